The highest BCUT2D eigenvalue weighted by Crippen LogP contribution is 2.32. The maximum absolute atomic E-state index is 12.9. The highest BCUT2D eigenvalue weighted by molar-refractivity contribution is 5.80. The van der Waals surface area contributed by atoms with Crippen LogP contribution in [0.1, 0.15) is 56.5 Å². The second kappa shape index (κ2) is 8.03. The Labute approximate surface area is 162 Å². The lowest BCUT2D eigenvalue weighted by Crippen LogP contribution is -2.48. The molecule has 1 saturated heterocycles. The minimum atomic E-state index is 0.125. The molecule has 6 heteroatoms. The number of hydrogen-bond donors (Lipinski definition) is 0. The maximum atomic E-state index is 12.9. The molecule has 2 aliphatic rings. The van der Waals surface area contributed by atoms with E-state index in [4.69, 9.17) is 0 Å². The molecule has 1 aliphatic carbocycles. The normalized spacial score (nSPS) is 21.1. The van der Waals surface area contributed by atoms with Crippen molar-refractivity contribution in [3.8, 4) is 0 Å². The fourth-order valence-corrected chi connectivity index (χ4v) is 3.95. The quantitative estimate of drug-likeness (QED) is 0.769. The van der Waals surface area contributed by atoms with Gasteiger partial charge in [-0.3, -0.25) is 14.3 Å². The summed E-state index contributed by atoms with van der Waals surface area (Å²) in [6.45, 7) is 13.1. The van der Waals surface area contributed by atoms with Crippen LogP contribution in [0.25, 0.3) is 0 Å². The Hall–Kier alpha value is -1.85. The number of amides is 2. The first-order chi connectivity index (χ1) is 12.8. The average Bonchev–Trinajstić information content (AvgIpc) is 3.42. The summed E-state index contributed by atoms with van der Waals surface area (Å²) < 4.78 is 1.94. The van der Waals surface area contributed by atoms with Crippen molar-refractivity contribution in [1.29, 1.82) is 0 Å². The molecule has 1 aromatic heterocycles. The van der Waals surface area contributed by atoms with E-state index in [0.29, 0.717) is 44.3 Å². The van der Waals surface area contributed by atoms with Gasteiger partial charge in [0.05, 0.1) is 11.7 Å². The Bertz CT molecular complexity index is 705. The smallest absolute Gasteiger partial charge is 0.224 e. The molecule has 0 unspecified atom stereocenters. The lowest BCUT2D eigenvalue weighted by molar-refractivity contribution is -0.134. The number of aromatic nitrogens is 2. The van der Waals surface area contributed by atoms with Crippen LogP contribution in [0.5, 0.6) is 0 Å². The third-order valence-electron chi connectivity index (χ3n) is 6.28. The van der Waals surface area contributed by atoms with E-state index in [1.54, 1.807) is 0 Å². The second-order valence-corrected chi connectivity index (χ2v) is 8.66. The van der Waals surface area contributed by atoms with Gasteiger partial charge in [-0.25, -0.2) is 0 Å². The summed E-state index contributed by atoms with van der Waals surface area (Å²) in [5.41, 5.74) is 3.34. The van der Waals surface area contributed by atoms with Gasteiger partial charge < -0.3 is 9.80 Å². The summed E-state index contributed by atoms with van der Waals surface area (Å²) in [6.07, 6.45) is 3.35. The van der Waals surface area contributed by atoms with Gasteiger partial charge in [0.15, 0.2) is 0 Å². The minimum absolute atomic E-state index is 0.125. The fraction of sp³-hybridized carbons (Fsp3) is 0.762. The molecule has 2 fully saturated rings. The monoisotopic (exact) mass is 374 g/mol. The third-order valence-corrected chi connectivity index (χ3v) is 6.28. The predicted octanol–water partition coefficient (Wildman–Crippen LogP) is 2.69. The van der Waals surface area contributed by atoms with Crippen LogP contribution in [-0.4, -0.2) is 57.1 Å². The maximum Gasteiger partial charge on any atom is 0.224 e. The van der Waals surface area contributed by atoms with E-state index in [1.165, 1.54) is 18.4 Å². The fourth-order valence-electron chi connectivity index (χ4n) is 3.95. The number of carbonyl (C=O) groups is 2. The van der Waals surface area contributed by atoms with E-state index < -0.39 is 0 Å². The molecular formula is C21H34N4O2. The van der Waals surface area contributed by atoms with Crippen LogP contribution in [0.15, 0.2) is 0 Å². The first-order valence-corrected chi connectivity index (χ1v) is 10.4. The molecule has 0 aromatic carbocycles. The molecule has 1 aliphatic heterocycles. The number of rotatable bonds is 6. The van der Waals surface area contributed by atoms with Crippen molar-refractivity contribution in [1.82, 2.24) is 19.6 Å². The predicted molar refractivity (Wildman–Crippen MR) is 105 cm³/mol. The Kier molecular flexibility index (Phi) is 5.92. The Morgan fingerprint density at radius 1 is 1.22 bits per heavy atom. The molecule has 6 nitrogen and oxygen atoms in total. The number of carbonyl (C=O) groups excluding carboxylic acids is 2. The molecule has 3 rings (SSSR count). The zero-order valence-corrected chi connectivity index (χ0v) is 17.5. The molecule has 1 atom stereocenters. The van der Waals surface area contributed by atoms with Crippen molar-refractivity contribution in [3.63, 3.8) is 0 Å². The van der Waals surface area contributed by atoms with Crippen LogP contribution < -0.4 is 0 Å². The van der Waals surface area contributed by atoms with Crippen molar-refractivity contribution < 1.29 is 9.59 Å². The largest absolute Gasteiger partial charge is 0.340 e. The van der Waals surface area contributed by atoms with Crippen molar-refractivity contribution >= 4 is 11.8 Å². The lowest BCUT2D eigenvalue weighted by atomic mass is 10.0. The molecular weight excluding hydrogens is 340 g/mol. The van der Waals surface area contributed by atoms with Crippen LogP contribution in [0, 0.1) is 32.6 Å². The van der Waals surface area contributed by atoms with Crippen LogP contribution in [-0.2, 0) is 16.1 Å². The zero-order valence-electron chi connectivity index (χ0n) is 17.5. The van der Waals surface area contributed by atoms with Gasteiger partial charge in [0.1, 0.15) is 0 Å². The van der Waals surface area contributed by atoms with Crippen LogP contribution >= 0.6 is 0 Å². The standard InChI is InChI=1S/C21H34N4O2/c1-14(2)19-13-23(10-8-21(27)24(19)12-18-6-7-18)20(26)9-11-25-17(5)15(3)16(4)22-25/h14,18-19H,6-13H2,1-5H3/t19-/m1/s1. The van der Waals surface area contributed by atoms with Crippen LogP contribution in [0.4, 0.5) is 0 Å². The molecule has 0 N–H and O–H groups in total. The third kappa shape index (κ3) is 4.53. The summed E-state index contributed by atoms with van der Waals surface area (Å²) in [5.74, 6) is 1.36. The van der Waals surface area contributed by atoms with Gasteiger partial charge in [-0.2, -0.15) is 5.10 Å². The van der Waals surface area contributed by atoms with Crippen molar-refractivity contribution in [2.24, 2.45) is 11.8 Å². The first kappa shape index (κ1) is 19.9. The van der Waals surface area contributed by atoms with Crippen LogP contribution in [0.2, 0.25) is 0 Å². The highest BCUT2D eigenvalue weighted by Gasteiger charge is 2.36. The summed E-state index contributed by atoms with van der Waals surface area (Å²) >= 11 is 0. The highest BCUT2D eigenvalue weighted by atomic mass is 16.2. The summed E-state index contributed by atoms with van der Waals surface area (Å²) in [7, 11) is 0. The van der Waals surface area contributed by atoms with E-state index in [1.807, 2.05) is 16.5 Å². The zero-order chi connectivity index (χ0) is 19.7. The van der Waals surface area contributed by atoms with Crippen molar-refractivity contribution in [2.75, 3.05) is 19.6 Å². The Balaban J connectivity index is 1.65. The average molecular weight is 375 g/mol. The molecule has 2 heterocycles. The van der Waals surface area contributed by atoms with E-state index in [-0.39, 0.29) is 17.9 Å². The van der Waals surface area contributed by atoms with Crippen molar-refractivity contribution in [3.05, 3.63) is 17.0 Å². The second-order valence-electron chi connectivity index (χ2n) is 8.66. The van der Waals surface area contributed by atoms with E-state index >= 15 is 0 Å². The van der Waals surface area contributed by atoms with Gasteiger partial charge in [0.2, 0.25) is 11.8 Å². The molecule has 2 amide bonds. The summed E-state index contributed by atoms with van der Waals surface area (Å²) in [5, 5.41) is 4.54. The van der Waals surface area contributed by atoms with Crippen molar-refractivity contribution in [2.45, 2.75) is 72.9 Å². The van der Waals surface area contributed by atoms with Gasteiger partial charge >= 0.3 is 0 Å². The topological polar surface area (TPSA) is 58.4 Å². The first-order valence-electron chi connectivity index (χ1n) is 10.4. The van der Waals surface area contributed by atoms with Crippen LogP contribution in [0.3, 0.4) is 0 Å². The minimum Gasteiger partial charge on any atom is -0.340 e. The molecule has 0 spiro atoms. The van der Waals surface area contributed by atoms with E-state index in [9.17, 15) is 9.59 Å². The number of aryl methyl sites for hydroxylation is 2. The van der Waals surface area contributed by atoms with Gasteiger partial charge in [0, 0.05) is 44.7 Å². The van der Waals surface area contributed by atoms with E-state index in [0.717, 1.165) is 17.9 Å². The number of nitrogens with zero attached hydrogens (tertiary/aromatic N) is 4. The van der Waals surface area contributed by atoms with Gasteiger partial charge in [-0.15, -0.1) is 0 Å². The van der Waals surface area contributed by atoms with E-state index in [2.05, 4.69) is 37.7 Å². The molecule has 0 bridgehead atoms. The Morgan fingerprint density at radius 2 is 1.93 bits per heavy atom. The number of hydrogen-bond acceptors (Lipinski definition) is 3. The van der Waals surface area contributed by atoms with Gasteiger partial charge in [-0.05, 0) is 51.0 Å². The molecule has 150 valence electrons. The summed E-state index contributed by atoms with van der Waals surface area (Å²) in [6, 6.07) is 0.125. The summed E-state index contributed by atoms with van der Waals surface area (Å²) in [4.78, 5) is 29.6. The van der Waals surface area contributed by atoms with Gasteiger partial charge in [-0.1, -0.05) is 13.8 Å². The Morgan fingerprint density at radius 3 is 2.48 bits per heavy atom. The molecule has 0 radical (unpaired) electrons. The molecule has 27 heavy (non-hydrogen) atoms. The lowest BCUT2D eigenvalue weighted by Gasteiger charge is -2.34. The van der Waals surface area contributed by atoms with Gasteiger partial charge in [0.25, 0.3) is 0 Å². The SMILES string of the molecule is Cc1nn(CCC(=O)N2CCC(=O)N(CC3CC3)[C@@H](C(C)C)C2)c(C)c1C. The molecule has 1 saturated carbocycles. The molecule has 1 aromatic rings.